The molecule has 0 bridgehead atoms. The lowest BCUT2D eigenvalue weighted by molar-refractivity contribution is -0.146. The predicted octanol–water partition coefficient (Wildman–Crippen LogP) is 1.74. The Bertz CT molecular complexity index is 357. The lowest BCUT2D eigenvalue weighted by Gasteiger charge is -2.12. The van der Waals surface area contributed by atoms with Crippen molar-refractivity contribution in [2.75, 3.05) is 12.0 Å². The fourth-order valence-corrected chi connectivity index (χ4v) is 1.68. The van der Waals surface area contributed by atoms with Gasteiger partial charge in [-0.3, -0.25) is 0 Å². The fraction of sp³-hybridized carbons (Fsp3) is 0.750. The molecule has 1 aliphatic heterocycles. The van der Waals surface area contributed by atoms with Crippen molar-refractivity contribution in [3.63, 3.8) is 0 Å². The third-order valence-corrected chi connectivity index (χ3v) is 2.47. The first kappa shape index (κ1) is 10.3. The van der Waals surface area contributed by atoms with Gasteiger partial charge >= 0.3 is 6.18 Å². The van der Waals surface area contributed by atoms with Crippen LogP contribution in [0.25, 0.3) is 0 Å². The monoisotopic (exact) mass is 220 g/mol. The summed E-state index contributed by atoms with van der Waals surface area (Å²) in [5, 5.41) is 6.78. The highest BCUT2D eigenvalue weighted by atomic mass is 19.4. The third kappa shape index (κ3) is 1.78. The number of fused-ring (bicyclic) bond motifs is 1. The van der Waals surface area contributed by atoms with Crippen molar-refractivity contribution in [3.8, 4) is 0 Å². The first-order valence-corrected chi connectivity index (χ1v) is 4.76. The van der Waals surface area contributed by atoms with Gasteiger partial charge in [0.2, 0.25) is 0 Å². The van der Waals surface area contributed by atoms with E-state index in [9.17, 15) is 13.2 Å². The Morgan fingerprint density at radius 3 is 2.80 bits per heavy atom. The van der Waals surface area contributed by atoms with Gasteiger partial charge in [0.15, 0.2) is 5.82 Å². The average molecular weight is 220 g/mol. The molecule has 1 N–H and O–H groups in total. The molecular formula is C8H11F3N4. The van der Waals surface area contributed by atoms with Crippen molar-refractivity contribution in [1.29, 1.82) is 0 Å². The van der Waals surface area contributed by atoms with Gasteiger partial charge < -0.3 is 5.43 Å². The summed E-state index contributed by atoms with van der Waals surface area (Å²) in [7, 11) is 0. The molecule has 1 aromatic rings. The number of alkyl halides is 3. The van der Waals surface area contributed by atoms with Crippen molar-refractivity contribution in [2.24, 2.45) is 0 Å². The maximum atomic E-state index is 12.5. The molecule has 84 valence electrons. The van der Waals surface area contributed by atoms with Crippen molar-refractivity contribution in [1.82, 2.24) is 14.9 Å². The van der Waals surface area contributed by atoms with Crippen LogP contribution in [0.4, 0.5) is 13.2 Å². The van der Waals surface area contributed by atoms with Crippen LogP contribution in [0.15, 0.2) is 0 Å². The summed E-state index contributed by atoms with van der Waals surface area (Å²) in [4.78, 5) is 0. The largest absolute Gasteiger partial charge is 0.453 e. The minimum absolute atomic E-state index is 0.00333. The molecule has 1 aromatic heterocycles. The molecule has 0 fully saturated rings. The Morgan fingerprint density at radius 1 is 1.40 bits per heavy atom. The number of rotatable bonds is 0. The van der Waals surface area contributed by atoms with E-state index in [0.29, 0.717) is 12.4 Å². The van der Waals surface area contributed by atoms with Gasteiger partial charge in [0.1, 0.15) is 0 Å². The average Bonchev–Trinajstić information content (AvgIpc) is 2.48. The Kier molecular flexibility index (Phi) is 2.32. The lowest BCUT2D eigenvalue weighted by Crippen LogP contribution is -2.24. The molecule has 0 amide bonds. The van der Waals surface area contributed by atoms with Gasteiger partial charge in [-0.15, -0.1) is 10.2 Å². The molecule has 0 radical (unpaired) electrons. The molecule has 0 aromatic carbocycles. The summed E-state index contributed by atoms with van der Waals surface area (Å²) in [6, 6.07) is 0. The molecule has 4 nitrogen and oxygen atoms in total. The zero-order valence-corrected chi connectivity index (χ0v) is 8.17. The Balaban J connectivity index is 2.44. The van der Waals surface area contributed by atoms with Crippen LogP contribution in [-0.4, -0.2) is 21.4 Å². The van der Waals surface area contributed by atoms with E-state index in [1.54, 1.807) is 0 Å². The predicted molar refractivity (Wildman–Crippen MR) is 46.9 cm³/mol. The number of nitrogens with zero attached hydrogens (tertiary/aromatic N) is 3. The second kappa shape index (κ2) is 3.39. The van der Waals surface area contributed by atoms with Crippen LogP contribution in [0, 0.1) is 0 Å². The van der Waals surface area contributed by atoms with E-state index in [1.165, 1.54) is 0 Å². The van der Waals surface area contributed by atoms with Crippen molar-refractivity contribution >= 4 is 0 Å². The SMILES string of the molecule is CC1CCCNn2c1nnc2C(F)(F)F. The smallest absolute Gasteiger partial charge is 0.323 e. The zero-order valence-electron chi connectivity index (χ0n) is 8.17. The first-order chi connectivity index (χ1) is 7.00. The number of hydrogen-bond acceptors (Lipinski definition) is 3. The molecule has 1 atom stereocenters. The molecule has 1 aliphatic rings. The second-order valence-corrected chi connectivity index (χ2v) is 3.67. The van der Waals surface area contributed by atoms with Crippen LogP contribution in [0.3, 0.4) is 0 Å². The minimum atomic E-state index is -4.46. The summed E-state index contributed by atoms with van der Waals surface area (Å²) in [6.45, 7) is 2.37. The highest BCUT2D eigenvalue weighted by Crippen LogP contribution is 2.30. The van der Waals surface area contributed by atoms with E-state index in [4.69, 9.17) is 0 Å². The van der Waals surface area contributed by atoms with E-state index < -0.39 is 12.0 Å². The number of hydrogen-bond donors (Lipinski definition) is 1. The molecular weight excluding hydrogens is 209 g/mol. The van der Waals surface area contributed by atoms with Gasteiger partial charge in [-0.05, 0) is 12.8 Å². The molecule has 0 spiro atoms. The molecule has 2 rings (SSSR count). The van der Waals surface area contributed by atoms with Crippen LogP contribution in [0.2, 0.25) is 0 Å². The standard InChI is InChI=1S/C8H11F3N4/c1-5-3-2-4-12-15-6(5)13-14-7(15)8(9,10)11/h5,12H,2-4H2,1H3. The zero-order chi connectivity index (χ0) is 11.1. The number of nitrogens with one attached hydrogen (secondary N) is 1. The molecule has 0 saturated heterocycles. The van der Waals surface area contributed by atoms with Crippen molar-refractivity contribution < 1.29 is 13.2 Å². The second-order valence-electron chi connectivity index (χ2n) is 3.67. The van der Waals surface area contributed by atoms with Crippen LogP contribution >= 0.6 is 0 Å². The summed E-state index contributed by atoms with van der Waals surface area (Å²) >= 11 is 0. The molecule has 2 heterocycles. The van der Waals surface area contributed by atoms with Crippen molar-refractivity contribution in [2.45, 2.75) is 31.9 Å². The van der Waals surface area contributed by atoms with E-state index in [-0.39, 0.29) is 5.92 Å². The van der Waals surface area contributed by atoms with Crippen LogP contribution < -0.4 is 5.43 Å². The summed E-state index contributed by atoms with van der Waals surface area (Å²) < 4.78 is 38.5. The highest BCUT2D eigenvalue weighted by molar-refractivity contribution is 5.08. The topological polar surface area (TPSA) is 42.7 Å². The van der Waals surface area contributed by atoms with E-state index in [1.807, 2.05) is 6.92 Å². The van der Waals surface area contributed by atoms with Gasteiger partial charge in [-0.2, -0.15) is 13.2 Å². The Hall–Kier alpha value is -1.27. The molecule has 0 saturated carbocycles. The normalized spacial score (nSPS) is 21.7. The quantitative estimate of drug-likeness (QED) is 0.724. The third-order valence-electron chi connectivity index (χ3n) is 2.47. The fourth-order valence-electron chi connectivity index (χ4n) is 1.68. The van der Waals surface area contributed by atoms with Crippen LogP contribution in [-0.2, 0) is 6.18 Å². The van der Waals surface area contributed by atoms with E-state index in [2.05, 4.69) is 15.6 Å². The molecule has 7 heteroatoms. The number of aromatic nitrogens is 3. The highest BCUT2D eigenvalue weighted by Gasteiger charge is 2.39. The van der Waals surface area contributed by atoms with Gasteiger partial charge in [0, 0.05) is 12.5 Å². The van der Waals surface area contributed by atoms with Gasteiger partial charge in [0.05, 0.1) is 0 Å². The van der Waals surface area contributed by atoms with Crippen molar-refractivity contribution in [3.05, 3.63) is 11.6 Å². The van der Waals surface area contributed by atoms with Crippen LogP contribution in [0.5, 0.6) is 0 Å². The van der Waals surface area contributed by atoms with Gasteiger partial charge in [-0.25, -0.2) is 4.68 Å². The van der Waals surface area contributed by atoms with E-state index in [0.717, 1.165) is 17.5 Å². The maximum absolute atomic E-state index is 12.5. The van der Waals surface area contributed by atoms with Gasteiger partial charge in [0.25, 0.3) is 5.82 Å². The Morgan fingerprint density at radius 2 is 2.13 bits per heavy atom. The molecule has 0 aliphatic carbocycles. The summed E-state index contributed by atoms with van der Waals surface area (Å²) in [6.07, 6.45) is -2.80. The van der Waals surface area contributed by atoms with Gasteiger partial charge in [-0.1, -0.05) is 6.92 Å². The first-order valence-electron chi connectivity index (χ1n) is 4.76. The molecule has 1 unspecified atom stereocenters. The lowest BCUT2D eigenvalue weighted by atomic mass is 10.1. The summed E-state index contributed by atoms with van der Waals surface area (Å²) in [5.74, 6) is -0.602. The van der Waals surface area contributed by atoms with E-state index >= 15 is 0 Å². The minimum Gasteiger partial charge on any atom is -0.323 e. The van der Waals surface area contributed by atoms with Crippen LogP contribution in [0.1, 0.15) is 37.3 Å². The maximum Gasteiger partial charge on any atom is 0.453 e. The number of halogens is 3. The Labute approximate surface area is 84.5 Å². The summed E-state index contributed by atoms with van der Waals surface area (Å²) in [5.41, 5.74) is 2.68. The molecule has 15 heavy (non-hydrogen) atoms.